The molecule has 4 rings (SSSR count). The molecule has 0 unspecified atom stereocenters. The minimum absolute atomic E-state index is 0.0558. The number of carbonyl (C=O) groups is 1. The van der Waals surface area contributed by atoms with Crippen molar-refractivity contribution in [1.29, 1.82) is 5.26 Å². The van der Waals surface area contributed by atoms with E-state index < -0.39 is 0 Å². The SMILES string of the molecule is COc1cc(C(=O)N2CCOCC2)ccc1Nc1cc(OC)c2c(C#N)c[nH]c2n1. The number of benzene rings is 1. The molecule has 0 aliphatic carbocycles. The summed E-state index contributed by atoms with van der Waals surface area (Å²) < 4.78 is 16.2. The second-order valence-electron chi connectivity index (χ2n) is 6.69. The molecule has 1 amide bonds. The Bertz CT molecular complexity index is 1130. The minimum atomic E-state index is -0.0558. The fourth-order valence-corrected chi connectivity index (χ4v) is 3.43. The molecule has 154 valence electrons. The normalized spacial score (nSPS) is 13.7. The molecule has 0 spiro atoms. The number of amides is 1. The number of hydrogen-bond donors (Lipinski definition) is 2. The highest BCUT2D eigenvalue weighted by Gasteiger charge is 2.20. The molecule has 2 aromatic heterocycles. The zero-order chi connectivity index (χ0) is 21.1. The Morgan fingerprint density at radius 3 is 2.70 bits per heavy atom. The molecule has 0 saturated carbocycles. The van der Waals surface area contributed by atoms with Crippen molar-refractivity contribution in [3.63, 3.8) is 0 Å². The second-order valence-corrected chi connectivity index (χ2v) is 6.69. The number of fused-ring (bicyclic) bond motifs is 1. The molecule has 1 aliphatic rings. The molecular formula is C21H21N5O4. The number of nitrogens with one attached hydrogen (secondary N) is 2. The number of aromatic nitrogens is 2. The number of aromatic amines is 1. The third kappa shape index (κ3) is 3.60. The second kappa shape index (κ2) is 8.31. The number of carbonyl (C=O) groups excluding carboxylic acids is 1. The van der Waals surface area contributed by atoms with Crippen LogP contribution in [-0.2, 0) is 4.74 Å². The van der Waals surface area contributed by atoms with Crippen LogP contribution < -0.4 is 14.8 Å². The predicted molar refractivity (Wildman–Crippen MR) is 110 cm³/mol. The average Bonchev–Trinajstić information content (AvgIpc) is 3.22. The van der Waals surface area contributed by atoms with Crippen molar-refractivity contribution in [3.8, 4) is 17.6 Å². The van der Waals surface area contributed by atoms with Gasteiger partial charge in [0.25, 0.3) is 5.91 Å². The molecule has 9 heteroatoms. The zero-order valence-corrected chi connectivity index (χ0v) is 16.7. The quantitative estimate of drug-likeness (QED) is 0.669. The number of morpholine rings is 1. The van der Waals surface area contributed by atoms with E-state index in [0.717, 1.165) is 0 Å². The van der Waals surface area contributed by atoms with Gasteiger partial charge in [-0.15, -0.1) is 0 Å². The number of nitrogens with zero attached hydrogens (tertiary/aromatic N) is 3. The Balaban J connectivity index is 1.63. The van der Waals surface area contributed by atoms with Gasteiger partial charge in [-0.3, -0.25) is 4.79 Å². The smallest absolute Gasteiger partial charge is 0.254 e. The topological polar surface area (TPSA) is 112 Å². The van der Waals surface area contributed by atoms with Gasteiger partial charge in [-0.2, -0.15) is 5.26 Å². The molecule has 0 bridgehead atoms. The third-order valence-corrected chi connectivity index (χ3v) is 4.96. The standard InChI is InChI=1S/C21H21N5O4/c1-28-16-9-13(21(27)26-5-7-30-8-6-26)3-4-15(16)24-18-10-17(29-2)19-14(11-22)12-23-20(19)25-18/h3-4,9-10,12H,5-8H2,1-2H3,(H2,23,24,25). The largest absolute Gasteiger partial charge is 0.496 e. The Morgan fingerprint density at radius 1 is 1.23 bits per heavy atom. The first-order valence-corrected chi connectivity index (χ1v) is 9.43. The minimum Gasteiger partial charge on any atom is -0.496 e. The number of ether oxygens (including phenoxy) is 3. The molecule has 1 saturated heterocycles. The van der Waals surface area contributed by atoms with Crippen LogP contribution >= 0.6 is 0 Å². The average molecular weight is 407 g/mol. The summed E-state index contributed by atoms with van der Waals surface area (Å²) in [6, 6.07) is 9.07. The molecular weight excluding hydrogens is 386 g/mol. The van der Waals surface area contributed by atoms with Gasteiger partial charge in [-0.05, 0) is 18.2 Å². The van der Waals surface area contributed by atoms with Crippen molar-refractivity contribution in [1.82, 2.24) is 14.9 Å². The first-order chi connectivity index (χ1) is 14.6. The van der Waals surface area contributed by atoms with E-state index in [1.165, 1.54) is 0 Å². The van der Waals surface area contributed by atoms with Crippen LogP contribution in [0, 0.1) is 11.3 Å². The Labute approximate surface area is 173 Å². The summed E-state index contributed by atoms with van der Waals surface area (Å²) in [5, 5.41) is 13.1. The highest BCUT2D eigenvalue weighted by atomic mass is 16.5. The van der Waals surface area contributed by atoms with Gasteiger partial charge in [0.2, 0.25) is 0 Å². The van der Waals surface area contributed by atoms with E-state index in [9.17, 15) is 10.1 Å². The first kappa shape index (κ1) is 19.5. The van der Waals surface area contributed by atoms with E-state index in [-0.39, 0.29) is 5.91 Å². The van der Waals surface area contributed by atoms with E-state index in [1.54, 1.807) is 49.6 Å². The lowest BCUT2D eigenvalue weighted by molar-refractivity contribution is 0.0302. The van der Waals surface area contributed by atoms with Gasteiger partial charge in [0.05, 0.1) is 44.1 Å². The number of rotatable bonds is 5. The number of hydrogen-bond acceptors (Lipinski definition) is 7. The van der Waals surface area contributed by atoms with Gasteiger partial charge in [0.15, 0.2) is 0 Å². The maximum atomic E-state index is 12.7. The van der Waals surface area contributed by atoms with Crippen LogP contribution in [0.1, 0.15) is 15.9 Å². The molecule has 3 aromatic rings. The fraction of sp³-hybridized carbons (Fsp3) is 0.286. The number of anilines is 2. The lowest BCUT2D eigenvalue weighted by Gasteiger charge is -2.27. The fourth-order valence-electron chi connectivity index (χ4n) is 3.43. The van der Waals surface area contributed by atoms with Crippen LogP contribution in [0.3, 0.4) is 0 Å². The monoisotopic (exact) mass is 407 g/mol. The molecule has 1 aromatic carbocycles. The van der Waals surface area contributed by atoms with Crippen molar-refractivity contribution in [2.75, 3.05) is 45.8 Å². The predicted octanol–water partition coefficient (Wildman–Crippen LogP) is 2.67. The van der Waals surface area contributed by atoms with Gasteiger partial charge in [-0.25, -0.2) is 4.98 Å². The van der Waals surface area contributed by atoms with Gasteiger partial charge < -0.3 is 29.4 Å². The van der Waals surface area contributed by atoms with Crippen LogP contribution in [0.4, 0.5) is 11.5 Å². The molecule has 3 heterocycles. The van der Waals surface area contributed by atoms with E-state index in [1.807, 2.05) is 0 Å². The van der Waals surface area contributed by atoms with Gasteiger partial charge >= 0.3 is 0 Å². The highest BCUT2D eigenvalue weighted by Crippen LogP contribution is 2.33. The number of pyridine rings is 1. The van der Waals surface area contributed by atoms with Gasteiger partial charge in [0.1, 0.15) is 29.0 Å². The number of nitriles is 1. The van der Waals surface area contributed by atoms with E-state index >= 15 is 0 Å². The highest BCUT2D eigenvalue weighted by molar-refractivity contribution is 5.96. The van der Waals surface area contributed by atoms with Crippen molar-refractivity contribution >= 4 is 28.4 Å². The summed E-state index contributed by atoms with van der Waals surface area (Å²) in [6.07, 6.45) is 1.59. The molecule has 1 fully saturated rings. The first-order valence-electron chi connectivity index (χ1n) is 9.43. The molecule has 0 atom stereocenters. The van der Waals surface area contributed by atoms with Crippen LogP contribution in [-0.4, -0.2) is 61.3 Å². The molecule has 30 heavy (non-hydrogen) atoms. The summed E-state index contributed by atoms with van der Waals surface area (Å²) in [7, 11) is 3.09. The summed E-state index contributed by atoms with van der Waals surface area (Å²) in [6.45, 7) is 2.24. The van der Waals surface area contributed by atoms with Gasteiger partial charge in [-0.1, -0.05) is 0 Å². The number of methoxy groups -OCH3 is 2. The Kier molecular flexibility index (Phi) is 5.41. The lowest BCUT2D eigenvalue weighted by Crippen LogP contribution is -2.40. The summed E-state index contributed by atoms with van der Waals surface area (Å²) >= 11 is 0. The zero-order valence-electron chi connectivity index (χ0n) is 16.7. The summed E-state index contributed by atoms with van der Waals surface area (Å²) in [5.74, 6) is 1.49. The van der Waals surface area contributed by atoms with Crippen LogP contribution in [0.25, 0.3) is 11.0 Å². The van der Waals surface area contributed by atoms with Crippen molar-refractivity contribution in [2.45, 2.75) is 0 Å². The van der Waals surface area contributed by atoms with Crippen LogP contribution in [0.2, 0.25) is 0 Å². The molecule has 1 aliphatic heterocycles. The molecule has 0 radical (unpaired) electrons. The third-order valence-electron chi connectivity index (χ3n) is 4.96. The summed E-state index contributed by atoms with van der Waals surface area (Å²) in [4.78, 5) is 22.0. The number of H-pyrrole nitrogens is 1. The van der Waals surface area contributed by atoms with Crippen LogP contribution in [0.15, 0.2) is 30.5 Å². The van der Waals surface area contributed by atoms with E-state index in [2.05, 4.69) is 21.4 Å². The van der Waals surface area contributed by atoms with E-state index in [4.69, 9.17) is 14.2 Å². The van der Waals surface area contributed by atoms with Crippen LogP contribution in [0.5, 0.6) is 11.5 Å². The van der Waals surface area contributed by atoms with Gasteiger partial charge in [0, 0.05) is 30.9 Å². The van der Waals surface area contributed by atoms with Crippen molar-refractivity contribution in [2.24, 2.45) is 0 Å². The maximum absolute atomic E-state index is 12.7. The maximum Gasteiger partial charge on any atom is 0.254 e. The van der Waals surface area contributed by atoms with Crippen molar-refractivity contribution < 1.29 is 19.0 Å². The Morgan fingerprint density at radius 2 is 2.00 bits per heavy atom. The van der Waals surface area contributed by atoms with E-state index in [0.29, 0.717) is 71.5 Å². The summed E-state index contributed by atoms with van der Waals surface area (Å²) in [5.41, 5.74) is 2.19. The van der Waals surface area contributed by atoms with Crippen molar-refractivity contribution in [3.05, 3.63) is 41.6 Å². The molecule has 9 nitrogen and oxygen atoms in total. The molecule has 2 N–H and O–H groups in total. The lowest BCUT2D eigenvalue weighted by atomic mass is 10.1. The Hall–Kier alpha value is -3.77.